The van der Waals surface area contributed by atoms with Crippen LogP contribution in [0.15, 0.2) is 71.1 Å². The lowest BCUT2D eigenvalue weighted by molar-refractivity contribution is 0.0975. The molecule has 0 aliphatic rings. The van der Waals surface area contributed by atoms with E-state index in [1.54, 1.807) is 24.3 Å². The highest BCUT2D eigenvalue weighted by molar-refractivity contribution is 7.80. The number of hydrogen-bond donors (Lipinski definition) is 3. The topological polar surface area (TPSA) is 83.4 Å². The molecule has 166 valence electrons. The number of carbonyl (C=O) groups excluding carboxylic acids is 2. The minimum atomic E-state index is -0.328. The summed E-state index contributed by atoms with van der Waals surface area (Å²) in [5.41, 5.74) is 5.54. The second kappa shape index (κ2) is 9.26. The van der Waals surface area contributed by atoms with Gasteiger partial charge in [-0.05, 0) is 92.1 Å². The minimum Gasteiger partial charge on any atom is -0.451 e. The summed E-state index contributed by atoms with van der Waals surface area (Å²) in [5, 5.41) is 9.63. The van der Waals surface area contributed by atoms with E-state index in [0.29, 0.717) is 22.5 Å². The van der Waals surface area contributed by atoms with Gasteiger partial charge < -0.3 is 15.1 Å². The van der Waals surface area contributed by atoms with Crippen molar-refractivity contribution in [3.63, 3.8) is 0 Å². The molecule has 1 aromatic heterocycles. The summed E-state index contributed by atoms with van der Waals surface area (Å²) < 4.78 is 5.62. The fourth-order valence-corrected chi connectivity index (χ4v) is 3.59. The largest absolute Gasteiger partial charge is 0.451 e. The van der Waals surface area contributed by atoms with Crippen LogP contribution in [0.2, 0.25) is 0 Å². The Morgan fingerprint density at radius 2 is 1.58 bits per heavy atom. The molecule has 3 aromatic carbocycles. The number of rotatable bonds is 4. The number of thiocarbonyl (C=S) groups is 1. The first-order valence-corrected chi connectivity index (χ1v) is 10.8. The van der Waals surface area contributed by atoms with Crippen molar-refractivity contribution in [3.05, 3.63) is 94.7 Å². The number of para-hydroxylation sites is 1. The molecule has 0 saturated heterocycles. The van der Waals surface area contributed by atoms with Gasteiger partial charge in [0.2, 0.25) is 0 Å². The lowest BCUT2D eigenvalue weighted by Crippen LogP contribution is -2.34. The molecule has 4 rings (SSSR count). The summed E-state index contributed by atoms with van der Waals surface area (Å²) in [5.74, 6) is -0.360. The van der Waals surface area contributed by atoms with Crippen LogP contribution in [0.5, 0.6) is 0 Å². The van der Waals surface area contributed by atoms with Crippen LogP contribution >= 0.6 is 12.2 Å². The smallest absolute Gasteiger partial charge is 0.291 e. The van der Waals surface area contributed by atoms with Crippen molar-refractivity contribution in [1.29, 1.82) is 0 Å². The Hall–Kier alpha value is -3.97. The zero-order chi connectivity index (χ0) is 23.5. The summed E-state index contributed by atoms with van der Waals surface area (Å²) in [6, 6.07) is 20.1. The van der Waals surface area contributed by atoms with Gasteiger partial charge in [0, 0.05) is 22.3 Å². The molecule has 3 N–H and O–H groups in total. The lowest BCUT2D eigenvalue weighted by atomic mass is 10.1. The second-order valence-electron chi connectivity index (χ2n) is 7.84. The second-order valence-corrected chi connectivity index (χ2v) is 8.25. The Labute approximate surface area is 197 Å². The van der Waals surface area contributed by atoms with E-state index in [1.807, 2.05) is 63.2 Å². The molecule has 6 nitrogen and oxygen atoms in total. The van der Waals surface area contributed by atoms with Crippen molar-refractivity contribution in [2.75, 3.05) is 10.6 Å². The van der Waals surface area contributed by atoms with Gasteiger partial charge in [-0.25, -0.2) is 0 Å². The zero-order valence-electron chi connectivity index (χ0n) is 18.5. The number of furan rings is 1. The third kappa shape index (κ3) is 5.10. The highest BCUT2D eigenvalue weighted by Gasteiger charge is 2.14. The third-order valence-corrected chi connectivity index (χ3v) is 5.58. The molecule has 0 unspecified atom stereocenters. The number of aryl methyl sites for hydroxylation is 3. The van der Waals surface area contributed by atoms with Gasteiger partial charge in [-0.3, -0.25) is 14.9 Å². The maximum Gasteiger partial charge on any atom is 0.291 e. The molecule has 0 bridgehead atoms. The van der Waals surface area contributed by atoms with Gasteiger partial charge in [0.25, 0.3) is 11.8 Å². The Morgan fingerprint density at radius 3 is 2.30 bits per heavy atom. The molecule has 0 aliphatic heterocycles. The van der Waals surface area contributed by atoms with E-state index in [9.17, 15) is 9.59 Å². The van der Waals surface area contributed by atoms with Crippen molar-refractivity contribution < 1.29 is 14.0 Å². The van der Waals surface area contributed by atoms with Gasteiger partial charge in [-0.15, -0.1) is 0 Å². The first kappa shape index (κ1) is 22.2. The maximum atomic E-state index is 12.6. The number of amides is 2. The van der Waals surface area contributed by atoms with Crippen molar-refractivity contribution >= 4 is 51.5 Å². The number of nitrogens with one attached hydrogen (secondary N) is 3. The van der Waals surface area contributed by atoms with Gasteiger partial charge in [0.15, 0.2) is 10.9 Å². The number of benzene rings is 3. The van der Waals surface area contributed by atoms with Crippen LogP contribution in [0.3, 0.4) is 0 Å². The monoisotopic (exact) mass is 457 g/mol. The molecule has 0 atom stereocenters. The highest BCUT2D eigenvalue weighted by atomic mass is 32.1. The minimum absolute atomic E-state index is 0.191. The number of anilines is 2. The average Bonchev–Trinajstić information content (AvgIpc) is 3.22. The van der Waals surface area contributed by atoms with Crippen molar-refractivity contribution in [2.24, 2.45) is 0 Å². The molecule has 0 saturated carbocycles. The summed E-state index contributed by atoms with van der Waals surface area (Å²) in [6.07, 6.45) is 0. The predicted molar refractivity (Wildman–Crippen MR) is 135 cm³/mol. The Bertz CT molecular complexity index is 1360. The Kier molecular flexibility index (Phi) is 6.24. The Morgan fingerprint density at radius 1 is 0.788 bits per heavy atom. The maximum absolute atomic E-state index is 12.6. The highest BCUT2D eigenvalue weighted by Crippen LogP contribution is 2.23. The van der Waals surface area contributed by atoms with E-state index >= 15 is 0 Å². The molecule has 33 heavy (non-hydrogen) atoms. The van der Waals surface area contributed by atoms with E-state index in [0.717, 1.165) is 22.1 Å². The number of fused-ring (bicyclic) bond motifs is 1. The normalized spacial score (nSPS) is 10.6. The lowest BCUT2D eigenvalue weighted by Gasteiger charge is -2.13. The summed E-state index contributed by atoms with van der Waals surface area (Å²) in [7, 11) is 0. The quantitative estimate of drug-likeness (QED) is 0.341. The van der Waals surface area contributed by atoms with Crippen LogP contribution in [0.4, 0.5) is 11.4 Å². The van der Waals surface area contributed by atoms with Crippen molar-refractivity contribution in [2.45, 2.75) is 20.8 Å². The molecule has 0 fully saturated rings. The molecule has 0 aliphatic carbocycles. The fraction of sp³-hybridized carbons (Fsp3) is 0.115. The molecule has 4 aromatic rings. The summed E-state index contributed by atoms with van der Waals surface area (Å²) in [6.45, 7) is 5.82. The Balaban J connectivity index is 1.39. The van der Waals surface area contributed by atoms with E-state index in [1.165, 1.54) is 0 Å². The van der Waals surface area contributed by atoms with Gasteiger partial charge >= 0.3 is 0 Å². The van der Waals surface area contributed by atoms with Gasteiger partial charge in [0.1, 0.15) is 5.58 Å². The molecule has 1 heterocycles. The third-order valence-electron chi connectivity index (χ3n) is 5.38. The summed E-state index contributed by atoms with van der Waals surface area (Å²) >= 11 is 5.29. The molecule has 2 amide bonds. The molecule has 7 heteroatoms. The molecule has 0 radical (unpaired) electrons. The van der Waals surface area contributed by atoms with Crippen LogP contribution in [0.1, 0.15) is 37.6 Å². The van der Waals surface area contributed by atoms with Crippen LogP contribution in [-0.4, -0.2) is 16.9 Å². The van der Waals surface area contributed by atoms with Gasteiger partial charge in [-0.1, -0.05) is 24.3 Å². The van der Waals surface area contributed by atoms with E-state index in [2.05, 4.69) is 16.0 Å². The first-order valence-electron chi connectivity index (χ1n) is 10.4. The first-order chi connectivity index (χ1) is 15.8. The van der Waals surface area contributed by atoms with Crippen LogP contribution in [0.25, 0.3) is 11.0 Å². The number of hydrogen-bond acceptors (Lipinski definition) is 4. The summed E-state index contributed by atoms with van der Waals surface area (Å²) in [4.78, 5) is 25.1. The van der Waals surface area contributed by atoms with Gasteiger partial charge in [0.05, 0.1) is 0 Å². The van der Waals surface area contributed by atoms with Crippen molar-refractivity contribution in [1.82, 2.24) is 5.32 Å². The zero-order valence-corrected chi connectivity index (χ0v) is 19.3. The van der Waals surface area contributed by atoms with Crippen LogP contribution in [-0.2, 0) is 0 Å². The van der Waals surface area contributed by atoms with E-state index in [4.69, 9.17) is 16.6 Å². The molecule has 0 spiro atoms. The predicted octanol–water partition coefficient (Wildman–Crippen LogP) is 5.74. The molecular weight excluding hydrogens is 434 g/mol. The SMILES string of the molecule is Cc1ccc(C(=O)NC(=S)Nc2ccc(NC(=O)c3cc4ccccc4o3)c(C)c2)cc1C. The molecular formula is C26H23N3O3S. The van der Waals surface area contributed by atoms with Crippen LogP contribution in [0, 0.1) is 20.8 Å². The van der Waals surface area contributed by atoms with Gasteiger partial charge in [-0.2, -0.15) is 0 Å². The van der Waals surface area contributed by atoms with E-state index < -0.39 is 0 Å². The van der Waals surface area contributed by atoms with Crippen LogP contribution < -0.4 is 16.0 Å². The average molecular weight is 458 g/mol. The standard InChI is InChI=1S/C26H23N3O3S/c1-15-8-9-19(12-16(15)2)24(30)29-26(33)27-20-10-11-21(17(3)13-20)28-25(31)23-14-18-6-4-5-7-22(18)32-23/h4-14H,1-3H3,(H,28,31)(H2,27,29,30,33). The van der Waals surface area contributed by atoms with E-state index in [-0.39, 0.29) is 22.7 Å². The van der Waals surface area contributed by atoms with Crippen molar-refractivity contribution in [3.8, 4) is 0 Å². The fourth-order valence-electron chi connectivity index (χ4n) is 3.38. The number of carbonyl (C=O) groups is 2.